The van der Waals surface area contributed by atoms with E-state index in [1.807, 2.05) is 0 Å². The summed E-state index contributed by atoms with van der Waals surface area (Å²) in [5.41, 5.74) is 0. The molecule has 0 radical (unpaired) electrons. The molecule has 0 bridgehead atoms. The highest BCUT2D eigenvalue weighted by Crippen LogP contribution is 2.07. The van der Waals surface area contributed by atoms with E-state index in [2.05, 4.69) is 24.9 Å². The van der Waals surface area contributed by atoms with Gasteiger partial charge in [-0.25, -0.2) is 4.79 Å². The number of nitrogens with one attached hydrogen (secondary N) is 1. The number of thiol groups is 1. The molecule has 0 aromatic rings. The van der Waals surface area contributed by atoms with Crippen LogP contribution in [0.1, 0.15) is 58.3 Å². The Bertz CT molecular complexity index is 246. The predicted molar refractivity (Wildman–Crippen MR) is 76.0 cm³/mol. The summed E-state index contributed by atoms with van der Waals surface area (Å²) in [4.78, 5) is 22.3. The highest BCUT2D eigenvalue weighted by molar-refractivity contribution is 7.80. The summed E-state index contributed by atoms with van der Waals surface area (Å²) in [6.07, 6.45) is 7.49. The number of carbonyl (C=O) groups excluding carboxylic acids is 1. The molecular weight excluding hydrogens is 250 g/mol. The summed E-state index contributed by atoms with van der Waals surface area (Å²) in [5, 5.41) is 11.4. The molecule has 0 aliphatic rings. The van der Waals surface area contributed by atoms with Gasteiger partial charge in [-0.15, -0.1) is 0 Å². The summed E-state index contributed by atoms with van der Waals surface area (Å²) in [7, 11) is 0. The number of aliphatic carboxylic acids is 1. The molecule has 0 heterocycles. The van der Waals surface area contributed by atoms with Crippen LogP contribution in [0.25, 0.3) is 0 Å². The van der Waals surface area contributed by atoms with E-state index in [9.17, 15) is 9.59 Å². The summed E-state index contributed by atoms with van der Waals surface area (Å²) in [6.45, 7) is 2.17. The van der Waals surface area contributed by atoms with E-state index < -0.39 is 12.0 Å². The van der Waals surface area contributed by atoms with Crippen molar-refractivity contribution in [3.63, 3.8) is 0 Å². The van der Waals surface area contributed by atoms with Crippen LogP contribution in [-0.4, -0.2) is 28.8 Å². The fourth-order valence-corrected chi connectivity index (χ4v) is 1.98. The first-order valence-electron chi connectivity index (χ1n) is 6.74. The Balaban J connectivity index is 3.65. The normalized spacial score (nSPS) is 12.1. The fraction of sp³-hybridized carbons (Fsp3) is 0.846. The number of rotatable bonds is 11. The second kappa shape index (κ2) is 11.4. The van der Waals surface area contributed by atoms with Crippen molar-refractivity contribution in [3.8, 4) is 0 Å². The van der Waals surface area contributed by atoms with Gasteiger partial charge >= 0.3 is 5.97 Å². The van der Waals surface area contributed by atoms with Gasteiger partial charge in [-0.2, -0.15) is 12.6 Å². The van der Waals surface area contributed by atoms with Crippen molar-refractivity contribution in [2.45, 2.75) is 64.3 Å². The molecule has 4 nitrogen and oxygen atoms in total. The van der Waals surface area contributed by atoms with E-state index in [4.69, 9.17) is 5.11 Å². The third kappa shape index (κ3) is 9.33. The van der Waals surface area contributed by atoms with Gasteiger partial charge in [0.25, 0.3) is 0 Å². The molecule has 0 spiro atoms. The van der Waals surface area contributed by atoms with Gasteiger partial charge in [0.15, 0.2) is 0 Å². The predicted octanol–water partition coefficient (Wildman–Crippen LogP) is 2.63. The first-order valence-corrected chi connectivity index (χ1v) is 7.38. The van der Waals surface area contributed by atoms with Crippen LogP contribution < -0.4 is 5.32 Å². The van der Waals surface area contributed by atoms with E-state index in [0.717, 1.165) is 19.3 Å². The van der Waals surface area contributed by atoms with Gasteiger partial charge in [0, 0.05) is 6.42 Å². The molecule has 5 heteroatoms. The molecule has 1 atom stereocenters. The van der Waals surface area contributed by atoms with Gasteiger partial charge in [0.1, 0.15) is 6.04 Å². The fourth-order valence-electron chi connectivity index (χ4n) is 1.72. The largest absolute Gasteiger partial charge is 0.480 e. The molecule has 0 fully saturated rings. The van der Waals surface area contributed by atoms with Crippen molar-refractivity contribution in [1.29, 1.82) is 0 Å². The number of carbonyl (C=O) groups is 2. The Morgan fingerprint density at radius 3 is 2.33 bits per heavy atom. The maximum atomic E-state index is 11.5. The van der Waals surface area contributed by atoms with Gasteiger partial charge in [-0.05, 0) is 18.6 Å². The molecule has 1 amide bonds. The van der Waals surface area contributed by atoms with E-state index >= 15 is 0 Å². The SMILES string of the molecule is CCCCCCCCC(=O)N[C@@H](CCS)C(=O)O. The Morgan fingerprint density at radius 2 is 1.78 bits per heavy atom. The van der Waals surface area contributed by atoms with E-state index in [0.29, 0.717) is 18.6 Å². The lowest BCUT2D eigenvalue weighted by Crippen LogP contribution is -2.40. The maximum Gasteiger partial charge on any atom is 0.326 e. The third-order valence-electron chi connectivity index (χ3n) is 2.81. The second-order valence-corrected chi connectivity index (χ2v) is 4.94. The lowest BCUT2D eigenvalue weighted by molar-refractivity contribution is -0.141. The Kier molecular flexibility index (Phi) is 10.9. The van der Waals surface area contributed by atoms with E-state index in [1.54, 1.807) is 0 Å². The topological polar surface area (TPSA) is 66.4 Å². The zero-order chi connectivity index (χ0) is 13.8. The van der Waals surface area contributed by atoms with Crippen LogP contribution in [0, 0.1) is 0 Å². The molecule has 18 heavy (non-hydrogen) atoms. The van der Waals surface area contributed by atoms with E-state index in [-0.39, 0.29) is 5.91 Å². The van der Waals surface area contributed by atoms with Crippen LogP contribution in [0.4, 0.5) is 0 Å². The van der Waals surface area contributed by atoms with Gasteiger partial charge in [-0.1, -0.05) is 39.0 Å². The first kappa shape index (κ1) is 17.3. The number of carboxylic acid groups (broad SMARTS) is 1. The van der Waals surface area contributed by atoms with Crippen LogP contribution in [0.5, 0.6) is 0 Å². The minimum atomic E-state index is -0.986. The summed E-state index contributed by atoms with van der Waals surface area (Å²) in [6, 6.07) is -0.796. The molecule has 0 saturated heterocycles. The molecule has 0 aromatic heterocycles. The molecule has 0 aromatic carbocycles. The van der Waals surface area contributed by atoms with Crippen molar-refractivity contribution in [3.05, 3.63) is 0 Å². The van der Waals surface area contributed by atoms with Gasteiger partial charge in [0.2, 0.25) is 5.91 Å². The Morgan fingerprint density at radius 1 is 1.17 bits per heavy atom. The first-order chi connectivity index (χ1) is 8.61. The monoisotopic (exact) mass is 275 g/mol. The van der Waals surface area contributed by atoms with Crippen molar-refractivity contribution in [1.82, 2.24) is 5.32 Å². The van der Waals surface area contributed by atoms with Crippen molar-refractivity contribution in [2.24, 2.45) is 0 Å². The second-order valence-electron chi connectivity index (χ2n) is 4.49. The van der Waals surface area contributed by atoms with Crippen LogP contribution >= 0.6 is 12.6 Å². The lowest BCUT2D eigenvalue weighted by atomic mass is 10.1. The molecule has 0 saturated carbocycles. The molecule has 2 N–H and O–H groups in total. The van der Waals surface area contributed by atoms with Crippen LogP contribution in [0.2, 0.25) is 0 Å². The Labute approximate surface area is 115 Å². The molecular formula is C13H25NO3S. The Hall–Kier alpha value is -0.710. The molecule has 0 aliphatic heterocycles. The van der Waals surface area contributed by atoms with Gasteiger partial charge < -0.3 is 10.4 Å². The van der Waals surface area contributed by atoms with Crippen LogP contribution in [0.15, 0.2) is 0 Å². The van der Waals surface area contributed by atoms with Crippen molar-refractivity contribution >= 4 is 24.5 Å². The summed E-state index contributed by atoms with van der Waals surface area (Å²) in [5.74, 6) is -0.700. The number of hydrogen-bond acceptors (Lipinski definition) is 3. The third-order valence-corrected chi connectivity index (χ3v) is 3.07. The van der Waals surface area contributed by atoms with Crippen LogP contribution in [0.3, 0.4) is 0 Å². The molecule has 0 rings (SSSR count). The minimum absolute atomic E-state index is 0.167. The minimum Gasteiger partial charge on any atom is -0.480 e. The van der Waals surface area contributed by atoms with Crippen molar-refractivity contribution in [2.75, 3.05) is 5.75 Å². The maximum absolute atomic E-state index is 11.5. The van der Waals surface area contributed by atoms with Gasteiger partial charge in [0.05, 0.1) is 0 Å². The zero-order valence-electron chi connectivity index (χ0n) is 11.2. The number of amides is 1. The average molecular weight is 275 g/mol. The summed E-state index contributed by atoms with van der Waals surface area (Å²) >= 11 is 3.98. The molecule has 0 unspecified atom stereocenters. The highest BCUT2D eigenvalue weighted by Gasteiger charge is 2.18. The van der Waals surface area contributed by atoms with Gasteiger partial charge in [-0.3, -0.25) is 4.79 Å². The number of hydrogen-bond donors (Lipinski definition) is 3. The lowest BCUT2D eigenvalue weighted by Gasteiger charge is -2.13. The number of unbranched alkanes of at least 4 members (excludes halogenated alkanes) is 5. The zero-order valence-corrected chi connectivity index (χ0v) is 12.0. The average Bonchev–Trinajstić information content (AvgIpc) is 2.33. The summed E-state index contributed by atoms with van der Waals surface area (Å²) < 4.78 is 0. The molecule has 106 valence electrons. The van der Waals surface area contributed by atoms with Crippen molar-refractivity contribution < 1.29 is 14.7 Å². The van der Waals surface area contributed by atoms with Crippen LogP contribution in [-0.2, 0) is 9.59 Å². The standard InChI is InChI=1S/C13H25NO3S/c1-2-3-4-5-6-7-8-12(15)14-11(9-10-18)13(16)17/h11,18H,2-10H2,1H3,(H,14,15)(H,16,17)/t11-/m0/s1. The molecule has 0 aliphatic carbocycles. The smallest absolute Gasteiger partial charge is 0.326 e. The quantitative estimate of drug-likeness (QED) is 0.401. The van der Waals surface area contributed by atoms with E-state index in [1.165, 1.54) is 19.3 Å². The highest BCUT2D eigenvalue weighted by atomic mass is 32.1. The number of carboxylic acids is 1.